The number of carbonyl (C=O) groups excluding carboxylic acids is 3. The molecule has 5 nitrogen and oxygen atoms in total. The first kappa shape index (κ1) is 17.2. The summed E-state index contributed by atoms with van der Waals surface area (Å²) in [5, 5.41) is -0.543. The Morgan fingerprint density at radius 1 is 1.43 bits per heavy atom. The number of benzene rings is 1. The molecule has 1 saturated heterocycles. The first-order chi connectivity index (χ1) is 10.9. The fourth-order valence-corrected chi connectivity index (χ4v) is 2.70. The van der Waals surface area contributed by atoms with Gasteiger partial charge in [0.1, 0.15) is 12.4 Å². The van der Waals surface area contributed by atoms with E-state index in [1.807, 2.05) is 6.92 Å². The summed E-state index contributed by atoms with van der Waals surface area (Å²) < 4.78 is 18.2. The van der Waals surface area contributed by atoms with Crippen molar-refractivity contribution >= 4 is 35.0 Å². The minimum atomic E-state index is -0.631. The van der Waals surface area contributed by atoms with E-state index in [-0.39, 0.29) is 11.0 Å². The van der Waals surface area contributed by atoms with Crippen molar-refractivity contribution in [2.75, 3.05) is 6.54 Å². The Labute approximate surface area is 137 Å². The molecule has 1 aliphatic heterocycles. The Morgan fingerprint density at radius 3 is 2.83 bits per heavy atom. The number of nitrogens with zero attached hydrogens (tertiary/aromatic N) is 1. The Balaban J connectivity index is 2.09. The number of carbonyl (C=O) groups is 3. The summed E-state index contributed by atoms with van der Waals surface area (Å²) >= 11 is 0.717. The zero-order valence-electron chi connectivity index (χ0n) is 12.7. The lowest BCUT2D eigenvalue weighted by Gasteiger charge is -2.14. The maximum absolute atomic E-state index is 13.2. The van der Waals surface area contributed by atoms with Crippen molar-refractivity contribution in [3.63, 3.8) is 0 Å². The first-order valence-corrected chi connectivity index (χ1v) is 7.92. The van der Waals surface area contributed by atoms with Crippen LogP contribution in [0.4, 0.5) is 9.18 Å². The van der Waals surface area contributed by atoms with E-state index in [0.717, 1.165) is 16.7 Å². The SMILES string of the molecule is CC[C@@H](C)OC(=O)CN1C(=O)S/C(=C/c2cccc(F)c2)C1=O. The van der Waals surface area contributed by atoms with Crippen LogP contribution in [0.2, 0.25) is 0 Å². The van der Waals surface area contributed by atoms with Crippen LogP contribution in [-0.2, 0) is 14.3 Å². The Kier molecular flexibility index (Phi) is 5.54. The van der Waals surface area contributed by atoms with Gasteiger partial charge in [-0.1, -0.05) is 19.1 Å². The molecule has 2 rings (SSSR count). The largest absolute Gasteiger partial charge is 0.461 e. The smallest absolute Gasteiger partial charge is 0.326 e. The second-order valence-corrected chi connectivity index (χ2v) is 6.02. The van der Waals surface area contributed by atoms with Crippen LogP contribution < -0.4 is 0 Å². The quantitative estimate of drug-likeness (QED) is 0.610. The number of imide groups is 1. The molecule has 0 saturated carbocycles. The van der Waals surface area contributed by atoms with Gasteiger partial charge in [-0.3, -0.25) is 19.3 Å². The van der Waals surface area contributed by atoms with Gasteiger partial charge in [0.15, 0.2) is 0 Å². The highest BCUT2D eigenvalue weighted by Crippen LogP contribution is 2.32. The molecule has 0 unspecified atom stereocenters. The normalized spacial score (nSPS) is 17.7. The molecule has 1 fully saturated rings. The average molecular weight is 337 g/mol. The fraction of sp³-hybridized carbons (Fsp3) is 0.312. The molecule has 1 aliphatic rings. The van der Waals surface area contributed by atoms with Crippen molar-refractivity contribution in [3.8, 4) is 0 Å². The van der Waals surface area contributed by atoms with E-state index in [4.69, 9.17) is 4.74 Å². The zero-order chi connectivity index (χ0) is 17.0. The molecule has 7 heteroatoms. The highest BCUT2D eigenvalue weighted by molar-refractivity contribution is 8.18. The number of thioether (sulfide) groups is 1. The molecule has 1 aromatic rings. The molecule has 0 N–H and O–H groups in total. The van der Waals surface area contributed by atoms with Crippen LogP contribution in [-0.4, -0.2) is 34.7 Å². The van der Waals surface area contributed by atoms with Gasteiger partial charge in [0.25, 0.3) is 11.1 Å². The Hall–Kier alpha value is -2.15. The number of hydrogen-bond donors (Lipinski definition) is 0. The molecule has 1 heterocycles. The van der Waals surface area contributed by atoms with E-state index >= 15 is 0 Å². The third kappa shape index (κ3) is 4.41. The van der Waals surface area contributed by atoms with E-state index in [9.17, 15) is 18.8 Å². The van der Waals surface area contributed by atoms with Crippen LogP contribution in [0, 0.1) is 5.82 Å². The number of esters is 1. The Morgan fingerprint density at radius 2 is 2.17 bits per heavy atom. The zero-order valence-corrected chi connectivity index (χ0v) is 13.6. The number of rotatable bonds is 5. The highest BCUT2D eigenvalue weighted by atomic mass is 32.2. The van der Waals surface area contributed by atoms with E-state index in [0.29, 0.717) is 12.0 Å². The third-order valence-electron chi connectivity index (χ3n) is 3.21. The molecule has 122 valence electrons. The molecule has 23 heavy (non-hydrogen) atoms. The fourth-order valence-electron chi connectivity index (χ4n) is 1.86. The summed E-state index contributed by atoms with van der Waals surface area (Å²) in [5.41, 5.74) is 0.470. The van der Waals surface area contributed by atoms with Gasteiger partial charge >= 0.3 is 5.97 Å². The van der Waals surface area contributed by atoms with Gasteiger partial charge in [-0.25, -0.2) is 4.39 Å². The van der Waals surface area contributed by atoms with Crippen molar-refractivity contribution in [3.05, 3.63) is 40.6 Å². The molecule has 0 bridgehead atoms. The minimum Gasteiger partial charge on any atom is -0.461 e. The Bertz CT molecular complexity index is 674. The molecule has 1 aromatic carbocycles. The summed E-state index contributed by atoms with van der Waals surface area (Å²) in [6.07, 6.45) is 1.80. The number of hydrogen-bond acceptors (Lipinski definition) is 5. The minimum absolute atomic E-state index is 0.150. The van der Waals surface area contributed by atoms with Crippen molar-refractivity contribution in [1.82, 2.24) is 4.90 Å². The van der Waals surface area contributed by atoms with Crippen LogP contribution in [0.1, 0.15) is 25.8 Å². The first-order valence-electron chi connectivity index (χ1n) is 7.11. The molecule has 0 radical (unpaired) electrons. The van der Waals surface area contributed by atoms with Gasteiger partial charge in [-0.2, -0.15) is 0 Å². The van der Waals surface area contributed by atoms with Crippen molar-refractivity contribution in [2.45, 2.75) is 26.4 Å². The summed E-state index contributed by atoms with van der Waals surface area (Å²) in [4.78, 5) is 36.8. The summed E-state index contributed by atoms with van der Waals surface area (Å²) in [7, 11) is 0. The second kappa shape index (κ2) is 7.41. The lowest BCUT2D eigenvalue weighted by molar-refractivity contribution is -0.150. The standard InChI is InChI=1S/C16H16FNO4S/c1-3-10(2)22-14(19)9-18-15(20)13(23-16(18)21)8-11-5-4-6-12(17)7-11/h4-8,10H,3,9H2,1-2H3/b13-8+/t10-/m1/s1. The maximum Gasteiger partial charge on any atom is 0.326 e. The topological polar surface area (TPSA) is 63.7 Å². The van der Waals surface area contributed by atoms with Gasteiger partial charge in [0.05, 0.1) is 11.0 Å². The molecular weight excluding hydrogens is 321 g/mol. The molecule has 1 atom stereocenters. The van der Waals surface area contributed by atoms with Gasteiger partial charge < -0.3 is 4.74 Å². The van der Waals surface area contributed by atoms with E-state index in [2.05, 4.69) is 0 Å². The van der Waals surface area contributed by atoms with Crippen LogP contribution in [0.15, 0.2) is 29.2 Å². The molecule has 0 aliphatic carbocycles. The second-order valence-electron chi connectivity index (χ2n) is 5.03. The summed E-state index contributed by atoms with van der Waals surface area (Å²) in [6.45, 7) is 3.17. The summed E-state index contributed by atoms with van der Waals surface area (Å²) in [5.74, 6) is -1.64. The van der Waals surface area contributed by atoms with Crippen molar-refractivity contribution < 1.29 is 23.5 Å². The maximum atomic E-state index is 13.2. The lowest BCUT2D eigenvalue weighted by Crippen LogP contribution is -2.35. The predicted molar refractivity (Wildman–Crippen MR) is 84.9 cm³/mol. The van der Waals surface area contributed by atoms with Crippen LogP contribution in [0.3, 0.4) is 0 Å². The van der Waals surface area contributed by atoms with Gasteiger partial charge in [0, 0.05) is 0 Å². The van der Waals surface area contributed by atoms with Crippen LogP contribution >= 0.6 is 11.8 Å². The van der Waals surface area contributed by atoms with Gasteiger partial charge in [0.2, 0.25) is 0 Å². The number of ether oxygens (including phenoxy) is 1. The third-order valence-corrected chi connectivity index (χ3v) is 4.12. The monoisotopic (exact) mass is 337 g/mol. The van der Waals surface area contributed by atoms with E-state index in [1.54, 1.807) is 13.0 Å². The highest BCUT2D eigenvalue weighted by Gasteiger charge is 2.36. The van der Waals surface area contributed by atoms with Gasteiger partial charge in [-0.15, -0.1) is 0 Å². The lowest BCUT2D eigenvalue weighted by atomic mass is 10.2. The van der Waals surface area contributed by atoms with Crippen molar-refractivity contribution in [2.24, 2.45) is 0 Å². The van der Waals surface area contributed by atoms with E-state index < -0.39 is 29.5 Å². The number of amides is 2. The average Bonchev–Trinajstić information content (AvgIpc) is 2.74. The molecule has 2 amide bonds. The number of halogens is 1. The molecule has 0 aromatic heterocycles. The predicted octanol–water partition coefficient (Wildman–Crippen LogP) is 3.20. The van der Waals surface area contributed by atoms with Crippen molar-refractivity contribution in [1.29, 1.82) is 0 Å². The van der Waals surface area contributed by atoms with Crippen LogP contribution in [0.5, 0.6) is 0 Å². The van der Waals surface area contributed by atoms with Gasteiger partial charge in [-0.05, 0) is 48.9 Å². The molecular formula is C16H16FNO4S. The molecule has 0 spiro atoms. The summed E-state index contributed by atoms with van der Waals surface area (Å²) in [6, 6.07) is 5.67. The van der Waals surface area contributed by atoms with E-state index in [1.165, 1.54) is 24.3 Å². The van der Waals surface area contributed by atoms with Crippen LogP contribution in [0.25, 0.3) is 6.08 Å².